The van der Waals surface area contributed by atoms with Crippen LogP contribution in [0.15, 0.2) is 5.11 Å². The summed E-state index contributed by atoms with van der Waals surface area (Å²) in [6.45, 7) is 9.48. The van der Waals surface area contributed by atoms with Crippen LogP contribution >= 0.6 is 0 Å². The number of aliphatic carboxylic acids is 1. The Morgan fingerprint density at radius 2 is 1.80 bits per heavy atom. The fourth-order valence-corrected chi connectivity index (χ4v) is 3.99. The summed E-state index contributed by atoms with van der Waals surface area (Å²) in [4.78, 5) is 14.5. The van der Waals surface area contributed by atoms with Crippen LogP contribution in [0.25, 0.3) is 10.4 Å². The highest BCUT2D eigenvalue weighted by Gasteiger charge is 2.51. The topological polar surface area (TPSA) is 98.1 Å². The number of carboxylic acid groups (broad SMARTS) is 1. The summed E-state index contributed by atoms with van der Waals surface area (Å²) in [6.07, 6.45) is 2.93. The lowest BCUT2D eigenvalue weighted by Crippen LogP contribution is -2.60. The Morgan fingerprint density at radius 1 is 1.25 bits per heavy atom. The van der Waals surface area contributed by atoms with Crippen molar-refractivity contribution in [3.05, 3.63) is 10.4 Å². The van der Waals surface area contributed by atoms with Gasteiger partial charge in [-0.3, -0.25) is 4.79 Å². The number of nitrogens with zero attached hydrogens (tertiary/aromatic N) is 3. The summed E-state index contributed by atoms with van der Waals surface area (Å²) in [7, 11) is 0. The van der Waals surface area contributed by atoms with Crippen molar-refractivity contribution in [3.8, 4) is 0 Å². The van der Waals surface area contributed by atoms with E-state index in [1.807, 2.05) is 0 Å². The Labute approximate surface area is 120 Å². The second-order valence-corrected chi connectivity index (χ2v) is 7.48. The first-order chi connectivity index (χ1) is 9.13. The summed E-state index contributed by atoms with van der Waals surface area (Å²) in [5, 5.41) is 16.4. The van der Waals surface area contributed by atoms with Crippen molar-refractivity contribution in [1.29, 1.82) is 0 Å². The predicted octanol–water partition coefficient (Wildman–Crippen LogP) is 3.34. The van der Waals surface area contributed by atoms with Crippen LogP contribution in [-0.2, 0) is 4.79 Å². The van der Waals surface area contributed by atoms with Crippen molar-refractivity contribution >= 4 is 5.97 Å². The molecule has 0 spiro atoms. The van der Waals surface area contributed by atoms with Gasteiger partial charge < -0.3 is 10.4 Å². The molecule has 0 aliphatic heterocycles. The molecule has 0 heterocycles. The number of hydrogen-bond donors (Lipinski definition) is 2. The van der Waals surface area contributed by atoms with Crippen LogP contribution < -0.4 is 5.32 Å². The monoisotopic (exact) mass is 282 g/mol. The van der Waals surface area contributed by atoms with Crippen molar-refractivity contribution < 1.29 is 9.90 Å². The molecule has 6 nitrogen and oxygen atoms in total. The molecule has 0 saturated heterocycles. The summed E-state index contributed by atoms with van der Waals surface area (Å²) < 4.78 is 0. The minimum absolute atomic E-state index is 0.00204. The smallest absolute Gasteiger partial charge is 0.323 e. The molecule has 1 aliphatic carbocycles. The molecule has 0 bridgehead atoms. The third-order valence-corrected chi connectivity index (χ3v) is 3.89. The van der Waals surface area contributed by atoms with Crippen LogP contribution in [0.4, 0.5) is 0 Å². The van der Waals surface area contributed by atoms with Crippen LogP contribution in [0.1, 0.15) is 53.4 Å². The zero-order valence-electron chi connectivity index (χ0n) is 12.9. The fourth-order valence-electron chi connectivity index (χ4n) is 3.99. The first-order valence-corrected chi connectivity index (χ1v) is 7.12. The van der Waals surface area contributed by atoms with Gasteiger partial charge in [-0.05, 0) is 48.6 Å². The van der Waals surface area contributed by atoms with Gasteiger partial charge in [-0.25, -0.2) is 0 Å². The highest BCUT2D eigenvalue weighted by atomic mass is 16.4. The SMILES string of the molecule is CC1(C)CC(C)(C)CC(NCCCN=[N+]=[N-])(C(=O)O)C1. The Morgan fingerprint density at radius 3 is 2.25 bits per heavy atom. The first-order valence-electron chi connectivity index (χ1n) is 7.12. The van der Waals surface area contributed by atoms with Gasteiger partial charge in [-0.1, -0.05) is 32.8 Å². The fraction of sp³-hybridized carbons (Fsp3) is 0.929. The molecule has 2 N–H and O–H groups in total. The van der Waals surface area contributed by atoms with Gasteiger partial charge in [-0.2, -0.15) is 0 Å². The number of azide groups is 1. The van der Waals surface area contributed by atoms with Crippen molar-refractivity contribution in [2.45, 2.75) is 58.9 Å². The third-order valence-electron chi connectivity index (χ3n) is 3.89. The highest BCUT2D eigenvalue weighted by molar-refractivity contribution is 5.79. The Balaban J connectivity index is 2.80. The molecule has 20 heavy (non-hydrogen) atoms. The Hall–Kier alpha value is -1.26. The van der Waals surface area contributed by atoms with Gasteiger partial charge >= 0.3 is 5.97 Å². The summed E-state index contributed by atoms with van der Waals surface area (Å²) >= 11 is 0. The van der Waals surface area contributed by atoms with E-state index in [0.717, 1.165) is 6.42 Å². The zero-order chi connectivity index (χ0) is 15.4. The summed E-state index contributed by atoms with van der Waals surface area (Å²) in [5.41, 5.74) is 7.36. The molecule has 1 fully saturated rings. The van der Waals surface area contributed by atoms with Gasteiger partial charge in [-0.15, -0.1) is 0 Å². The van der Waals surface area contributed by atoms with Gasteiger partial charge in [0.25, 0.3) is 0 Å². The lowest BCUT2D eigenvalue weighted by Gasteiger charge is -2.50. The van der Waals surface area contributed by atoms with Crippen LogP contribution in [0, 0.1) is 10.8 Å². The van der Waals surface area contributed by atoms with E-state index in [4.69, 9.17) is 5.53 Å². The summed E-state index contributed by atoms with van der Waals surface area (Å²) in [5.74, 6) is -0.776. The number of hydrogen-bond acceptors (Lipinski definition) is 3. The standard InChI is InChI=1S/C14H26N4O2/c1-12(2)8-13(3,4)10-14(9-12,11(19)20)16-6-5-7-17-18-15/h16H,5-10H2,1-4H3,(H,19,20). The van der Waals surface area contributed by atoms with E-state index in [9.17, 15) is 9.90 Å². The van der Waals surface area contributed by atoms with Crippen molar-refractivity contribution in [1.82, 2.24) is 5.32 Å². The van der Waals surface area contributed by atoms with E-state index in [2.05, 4.69) is 43.0 Å². The van der Waals surface area contributed by atoms with E-state index in [0.29, 0.717) is 32.4 Å². The van der Waals surface area contributed by atoms with Crippen molar-refractivity contribution in [3.63, 3.8) is 0 Å². The van der Waals surface area contributed by atoms with Crippen LogP contribution in [-0.4, -0.2) is 29.7 Å². The molecule has 1 rings (SSSR count). The van der Waals surface area contributed by atoms with E-state index >= 15 is 0 Å². The average molecular weight is 282 g/mol. The molecule has 0 radical (unpaired) electrons. The number of carbonyl (C=O) groups is 1. The molecule has 114 valence electrons. The maximum absolute atomic E-state index is 11.8. The van der Waals surface area contributed by atoms with Gasteiger partial charge in [0, 0.05) is 11.5 Å². The summed E-state index contributed by atoms with van der Waals surface area (Å²) in [6, 6.07) is 0. The molecule has 0 aromatic rings. The number of nitrogens with one attached hydrogen (secondary N) is 1. The number of carboxylic acids is 1. The molecule has 1 aliphatic rings. The van der Waals surface area contributed by atoms with Crippen LogP contribution in [0.2, 0.25) is 0 Å². The second kappa shape index (κ2) is 6.02. The highest BCUT2D eigenvalue weighted by Crippen LogP contribution is 2.50. The van der Waals surface area contributed by atoms with Gasteiger partial charge in [0.2, 0.25) is 0 Å². The molecule has 1 saturated carbocycles. The molecule has 0 amide bonds. The zero-order valence-corrected chi connectivity index (χ0v) is 12.9. The van der Waals surface area contributed by atoms with Crippen LogP contribution in [0.3, 0.4) is 0 Å². The van der Waals surface area contributed by atoms with E-state index in [1.54, 1.807) is 0 Å². The third kappa shape index (κ3) is 4.39. The van der Waals surface area contributed by atoms with Gasteiger partial charge in [0.1, 0.15) is 5.54 Å². The minimum atomic E-state index is -0.873. The Bertz CT molecular complexity index is 395. The molecular weight excluding hydrogens is 256 g/mol. The first kappa shape index (κ1) is 16.8. The lowest BCUT2D eigenvalue weighted by molar-refractivity contribution is -0.151. The average Bonchev–Trinajstić information content (AvgIpc) is 2.24. The molecule has 6 heteroatoms. The normalized spacial score (nSPS) is 22.8. The van der Waals surface area contributed by atoms with E-state index in [-0.39, 0.29) is 10.8 Å². The van der Waals surface area contributed by atoms with Gasteiger partial charge in [0.05, 0.1) is 0 Å². The quantitative estimate of drug-likeness (QED) is 0.338. The molecule has 0 atom stereocenters. The van der Waals surface area contributed by atoms with Gasteiger partial charge in [0.15, 0.2) is 0 Å². The Kier molecular flexibility index (Phi) is 5.05. The maximum Gasteiger partial charge on any atom is 0.323 e. The van der Waals surface area contributed by atoms with E-state index in [1.165, 1.54) is 0 Å². The molecule has 0 aromatic heterocycles. The molecule has 0 unspecified atom stereocenters. The largest absolute Gasteiger partial charge is 0.480 e. The molecule has 0 aromatic carbocycles. The van der Waals surface area contributed by atoms with Crippen molar-refractivity contribution in [2.24, 2.45) is 15.9 Å². The van der Waals surface area contributed by atoms with Crippen LogP contribution in [0.5, 0.6) is 0 Å². The predicted molar refractivity (Wildman–Crippen MR) is 78.4 cm³/mol. The second-order valence-electron chi connectivity index (χ2n) is 7.48. The van der Waals surface area contributed by atoms with E-state index < -0.39 is 11.5 Å². The minimum Gasteiger partial charge on any atom is -0.480 e. The molecular formula is C14H26N4O2. The lowest BCUT2D eigenvalue weighted by atomic mass is 9.58. The number of rotatable bonds is 6. The van der Waals surface area contributed by atoms with Crippen molar-refractivity contribution in [2.75, 3.05) is 13.1 Å². The maximum atomic E-state index is 11.8.